The van der Waals surface area contributed by atoms with Gasteiger partial charge in [-0.1, -0.05) is 0 Å². The SMILES string of the molecule is CCOC(=O)C(N)CC1CCN(C)CC1. The molecule has 2 N–H and O–H groups in total. The smallest absolute Gasteiger partial charge is 0.322 e. The van der Waals surface area contributed by atoms with Crippen LogP contribution in [0.1, 0.15) is 26.2 Å². The standard InChI is InChI=1S/C11H22N2O2/c1-3-15-11(14)10(12)8-9-4-6-13(2)7-5-9/h9-10H,3-8,12H2,1-2H3. The molecular weight excluding hydrogens is 192 g/mol. The number of carbonyl (C=O) groups excluding carboxylic acids is 1. The van der Waals surface area contributed by atoms with E-state index in [9.17, 15) is 4.79 Å². The minimum absolute atomic E-state index is 0.253. The van der Waals surface area contributed by atoms with Gasteiger partial charge in [-0.15, -0.1) is 0 Å². The van der Waals surface area contributed by atoms with Crippen LogP contribution in [-0.4, -0.2) is 43.7 Å². The second-order valence-electron chi connectivity index (χ2n) is 4.34. The highest BCUT2D eigenvalue weighted by molar-refractivity contribution is 5.75. The van der Waals surface area contributed by atoms with Gasteiger partial charge in [0, 0.05) is 0 Å². The summed E-state index contributed by atoms with van der Waals surface area (Å²) in [6.07, 6.45) is 3.06. The lowest BCUT2D eigenvalue weighted by Crippen LogP contribution is -2.38. The molecule has 1 aliphatic heterocycles. The van der Waals surface area contributed by atoms with E-state index in [1.807, 2.05) is 0 Å². The number of hydrogen-bond donors (Lipinski definition) is 1. The van der Waals surface area contributed by atoms with Crippen LogP contribution in [0.4, 0.5) is 0 Å². The van der Waals surface area contributed by atoms with Gasteiger partial charge in [-0.05, 0) is 52.2 Å². The Hall–Kier alpha value is -0.610. The monoisotopic (exact) mass is 214 g/mol. The molecule has 0 saturated carbocycles. The Bertz CT molecular complexity index is 201. The molecule has 1 unspecified atom stereocenters. The lowest BCUT2D eigenvalue weighted by Gasteiger charge is -2.29. The molecule has 4 nitrogen and oxygen atoms in total. The van der Waals surface area contributed by atoms with E-state index in [0.29, 0.717) is 12.5 Å². The molecule has 88 valence electrons. The summed E-state index contributed by atoms with van der Waals surface area (Å²) >= 11 is 0. The number of nitrogens with two attached hydrogens (primary N) is 1. The summed E-state index contributed by atoms with van der Waals surface area (Å²) in [5.41, 5.74) is 5.78. The molecule has 1 fully saturated rings. The summed E-state index contributed by atoms with van der Waals surface area (Å²) < 4.78 is 4.89. The zero-order valence-corrected chi connectivity index (χ0v) is 9.74. The number of piperidine rings is 1. The molecule has 1 atom stereocenters. The van der Waals surface area contributed by atoms with Crippen LogP contribution >= 0.6 is 0 Å². The molecule has 0 aromatic rings. The summed E-state index contributed by atoms with van der Waals surface area (Å²) in [4.78, 5) is 13.6. The van der Waals surface area contributed by atoms with Gasteiger partial charge in [-0.3, -0.25) is 4.79 Å². The van der Waals surface area contributed by atoms with Crippen molar-refractivity contribution in [2.24, 2.45) is 11.7 Å². The van der Waals surface area contributed by atoms with Gasteiger partial charge in [0.15, 0.2) is 0 Å². The van der Waals surface area contributed by atoms with Crippen molar-refractivity contribution >= 4 is 5.97 Å². The van der Waals surface area contributed by atoms with E-state index in [1.165, 1.54) is 0 Å². The number of nitrogens with zero attached hydrogens (tertiary/aromatic N) is 1. The summed E-state index contributed by atoms with van der Waals surface area (Å²) in [7, 11) is 2.13. The summed E-state index contributed by atoms with van der Waals surface area (Å²) in [6.45, 7) is 4.44. The lowest BCUT2D eigenvalue weighted by atomic mass is 9.91. The molecule has 1 saturated heterocycles. The number of carbonyl (C=O) groups is 1. The molecule has 1 aliphatic rings. The van der Waals surface area contributed by atoms with Crippen molar-refractivity contribution in [3.8, 4) is 0 Å². The maximum absolute atomic E-state index is 11.3. The maximum Gasteiger partial charge on any atom is 0.322 e. The van der Waals surface area contributed by atoms with Gasteiger partial charge in [0.2, 0.25) is 0 Å². The van der Waals surface area contributed by atoms with Crippen molar-refractivity contribution in [2.45, 2.75) is 32.2 Å². The fourth-order valence-corrected chi connectivity index (χ4v) is 2.00. The predicted molar refractivity (Wildman–Crippen MR) is 59.4 cm³/mol. The Morgan fingerprint density at radius 3 is 2.67 bits per heavy atom. The minimum atomic E-state index is -0.432. The van der Waals surface area contributed by atoms with Crippen molar-refractivity contribution in [1.29, 1.82) is 0 Å². The molecule has 1 heterocycles. The van der Waals surface area contributed by atoms with Crippen LogP contribution in [0, 0.1) is 5.92 Å². The number of ether oxygens (including phenoxy) is 1. The van der Waals surface area contributed by atoms with Crippen molar-refractivity contribution < 1.29 is 9.53 Å². The molecule has 0 bridgehead atoms. The highest BCUT2D eigenvalue weighted by Crippen LogP contribution is 2.20. The summed E-state index contributed by atoms with van der Waals surface area (Å²) in [6, 6.07) is -0.432. The topological polar surface area (TPSA) is 55.6 Å². The predicted octanol–water partition coefficient (Wildman–Crippen LogP) is 0.609. The van der Waals surface area contributed by atoms with E-state index in [1.54, 1.807) is 6.92 Å². The summed E-state index contributed by atoms with van der Waals surface area (Å²) in [5, 5.41) is 0. The van der Waals surface area contributed by atoms with Crippen molar-refractivity contribution in [1.82, 2.24) is 4.90 Å². The van der Waals surface area contributed by atoms with Crippen LogP contribution in [0.15, 0.2) is 0 Å². The Morgan fingerprint density at radius 2 is 2.13 bits per heavy atom. The molecular formula is C11H22N2O2. The first kappa shape index (κ1) is 12.5. The van der Waals surface area contributed by atoms with Crippen LogP contribution < -0.4 is 5.73 Å². The van der Waals surface area contributed by atoms with Gasteiger partial charge in [0.25, 0.3) is 0 Å². The number of hydrogen-bond acceptors (Lipinski definition) is 4. The molecule has 0 aromatic heterocycles. The van der Waals surface area contributed by atoms with Gasteiger partial charge in [0.05, 0.1) is 6.61 Å². The molecule has 15 heavy (non-hydrogen) atoms. The van der Waals surface area contributed by atoms with E-state index in [2.05, 4.69) is 11.9 Å². The molecule has 4 heteroatoms. The first-order valence-corrected chi connectivity index (χ1v) is 5.74. The Morgan fingerprint density at radius 1 is 1.53 bits per heavy atom. The van der Waals surface area contributed by atoms with Gasteiger partial charge in [0.1, 0.15) is 6.04 Å². The second kappa shape index (κ2) is 6.08. The molecule has 0 radical (unpaired) electrons. The highest BCUT2D eigenvalue weighted by Gasteiger charge is 2.23. The van der Waals surface area contributed by atoms with Crippen LogP contribution in [0.3, 0.4) is 0 Å². The second-order valence-corrected chi connectivity index (χ2v) is 4.34. The number of likely N-dealkylation sites (tertiary alicyclic amines) is 1. The quantitative estimate of drug-likeness (QED) is 0.697. The number of esters is 1. The van der Waals surface area contributed by atoms with E-state index in [-0.39, 0.29) is 5.97 Å². The van der Waals surface area contributed by atoms with Gasteiger partial charge in [-0.25, -0.2) is 0 Å². The van der Waals surface area contributed by atoms with Crippen LogP contribution in [0.2, 0.25) is 0 Å². The Balaban J connectivity index is 2.25. The molecule has 0 aromatic carbocycles. The van der Waals surface area contributed by atoms with Crippen molar-refractivity contribution in [2.75, 3.05) is 26.7 Å². The van der Waals surface area contributed by atoms with E-state index in [0.717, 1.165) is 32.4 Å². The first-order valence-electron chi connectivity index (χ1n) is 5.74. The fourth-order valence-electron chi connectivity index (χ4n) is 2.00. The summed E-state index contributed by atoms with van der Waals surface area (Å²) in [5.74, 6) is 0.331. The Kier molecular flexibility index (Phi) is 5.05. The molecule has 0 spiro atoms. The van der Waals surface area contributed by atoms with Crippen LogP contribution in [0.25, 0.3) is 0 Å². The Labute approximate surface area is 91.8 Å². The number of rotatable bonds is 4. The minimum Gasteiger partial charge on any atom is -0.465 e. The first-order chi connectivity index (χ1) is 7.13. The largest absolute Gasteiger partial charge is 0.465 e. The van der Waals surface area contributed by atoms with Gasteiger partial charge >= 0.3 is 5.97 Å². The third kappa shape index (κ3) is 4.18. The average Bonchev–Trinajstić information content (AvgIpc) is 2.22. The zero-order valence-electron chi connectivity index (χ0n) is 9.74. The van der Waals surface area contributed by atoms with Crippen molar-refractivity contribution in [3.05, 3.63) is 0 Å². The van der Waals surface area contributed by atoms with Crippen LogP contribution in [-0.2, 0) is 9.53 Å². The molecule has 0 amide bonds. The molecule has 0 aliphatic carbocycles. The van der Waals surface area contributed by atoms with E-state index in [4.69, 9.17) is 10.5 Å². The third-order valence-electron chi connectivity index (χ3n) is 3.01. The normalized spacial score (nSPS) is 21.3. The van der Waals surface area contributed by atoms with Crippen molar-refractivity contribution in [3.63, 3.8) is 0 Å². The molecule has 1 rings (SSSR count). The average molecular weight is 214 g/mol. The van der Waals surface area contributed by atoms with E-state index < -0.39 is 6.04 Å². The van der Waals surface area contributed by atoms with E-state index >= 15 is 0 Å². The zero-order chi connectivity index (χ0) is 11.3. The lowest BCUT2D eigenvalue weighted by molar-refractivity contribution is -0.145. The van der Waals surface area contributed by atoms with Crippen LogP contribution in [0.5, 0.6) is 0 Å². The highest BCUT2D eigenvalue weighted by atomic mass is 16.5. The van der Waals surface area contributed by atoms with Gasteiger partial charge in [-0.2, -0.15) is 0 Å². The third-order valence-corrected chi connectivity index (χ3v) is 3.01. The maximum atomic E-state index is 11.3. The van der Waals surface area contributed by atoms with Gasteiger partial charge < -0.3 is 15.4 Å². The fraction of sp³-hybridized carbons (Fsp3) is 0.909.